The van der Waals surface area contributed by atoms with Crippen molar-refractivity contribution in [1.29, 1.82) is 0 Å². The number of nitrogen functional groups attached to an aromatic ring is 1. The van der Waals surface area contributed by atoms with Crippen LogP contribution in [0.5, 0.6) is 0 Å². The second kappa shape index (κ2) is 5.43. The number of rotatable bonds is 3. The van der Waals surface area contributed by atoms with E-state index in [1.165, 1.54) is 19.0 Å². The van der Waals surface area contributed by atoms with Gasteiger partial charge in [0.1, 0.15) is 11.5 Å². The number of carbonyl (C=O) groups excluding carboxylic acids is 2. The predicted molar refractivity (Wildman–Crippen MR) is 75.8 cm³/mol. The molecule has 0 spiro atoms. The van der Waals surface area contributed by atoms with Gasteiger partial charge >= 0.3 is 5.69 Å². The van der Waals surface area contributed by atoms with Crippen LogP contribution in [0.1, 0.15) is 12.8 Å². The summed E-state index contributed by atoms with van der Waals surface area (Å²) in [4.78, 5) is 48.4. The van der Waals surface area contributed by atoms with Crippen LogP contribution in [0.2, 0.25) is 0 Å². The van der Waals surface area contributed by atoms with Crippen molar-refractivity contribution in [2.45, 2.75) is 12.8 Å². The lowest BCUT2D eigenvalue weighted by Gasteiger charge is -2.16. The summed E-state index contributed by atoms with van der Waals surface area (Å²) in [5, 5.41) is 2.38. The monoisotopic (exact) mass is 295 g/mol. The Morgan fingerprint density at radius 1 is 1.24 bits per heavy atom. The first-order chi connectivity index (χ1) is 9.82. The Labute approximate surface area is 120 Å². The number of carbonyl (C=O) groups is 2. The van der Waals surface area contributed by atoms with E-state index in [0.29, 0.717) is 13.0 Å². The van der Waals surface area contributed by atoms with E-state index in [9.17, 15) is 19.2 Å². The van der Waals surface area contributed by atoms with E-state index in [2.05, 4.69) is 5.32 Å². The van der Waals surface area contributed by atoms with E-state index < -0.39 is 17.2 Å². The Balaban J connectivity index is 2.24. The SMILES string of the molecule is Cn1c(N)c(NC(=O)CN2CCCC2=O)c(=O)n(C)c1=O. The zero-order valence-electron chi connectivity index (χ0n) is 11.9. The Bertz CT molecular complexity index is 718. The summed E-state index contributed by atoms with van der Waals surface area (Å²) >= 11 is 0. The summed E-state index contributed by atoms with van der Waals surface area (Å²) < 4.78 is 1.92. The molecule has 0 aromatic carbocycles. The molecule has 0 radical (unpaired) electrons. The van der Waals surface area contributed by atoms with Crippen LogP contribution in [-0.4, -0.2) is 38.9 Å². The van der Waals surface area contributed by atoms with Gasteiger partial charge in [-0.3, -0.25) is 23.5 Å². The number of nitrogens with one attached hydrogen (secondary N) is 1. The molecule has 0 unspecified atom stereocenters. The number of hydrogen-bond donors (Lipinski definition) is 2. The number of amides is 2. The molecule has 1 aromatic rings. The smallest absolute Gasteiger partial charge is 0.332 e. The van der Waals surface area contributed by atoms with Gasteiger partial charge in [0.15, 0.2) is 0 Å². The highest BCUT2D eigenvalue weighted by Gasteiger charge is 2.23. The van der Waals surface area contributed by atoms with Crippen LogP contribution in [-0.2, 0) is 23.7 Å². The third kappa shape index (κ3) is 2.67. The molecule has 1 fully saturated rings. The molecule has 9 heteroatoms. The molecule has 0 saturated carbocycles. The van der Waals surface area contributed by atoms with Gasteiger partial charge in [-0.05, 0) is 6.42 Å². The van der Waals surface area contributed by atoms with E-state index in [0.717, 1.165) is 15.6 Å². The first-order valence-corrected chi connectivity index (χ1v) is 6.46. The molecule has 1 saturated heterocycles. The van der Waals surface area contributed by atoms with Crippen LogP contribution in [0.4, 0.5) is 11.5 Å². The zero-order chi connectivity index (χ0) is 15.7. The number of likely N-dealkylation sites (tertiary alicyclic amines) is 1. The fourth-order valence-electron chi connectivity index (χ4n) is 2.20. The molecule has 1 aliphatic rings. The van der Waals surface area contributed by atoms with Gasteiger partial charge in [-0.25, -0.2) is 4.79 Å². The molecular weight excluding hydrogens is 278 g/mol. The predicted octanol–water partition coefficient (Wildman–Crippen LogP) is -1.77. The maximum absolute atomic E-state index is 12.0. The lowest BCUT2D eigenvalue weighted by Crippen LogP contribution is -2.41. The average Bonchev–Trinajstić information content (AvgIpc) is 2.84. The van der Waals surface area contributed by atoms with Crippen molar-refractivity contribution in [2.24, 2.45) is 14.1 Å². The fourth-order valence-corrected chi connectivity index (χ4v) is 2.20. The number of anilines is 2. The van der Waals surface area contributed by atoms with Crippen molar-refractivity contribution in [3.8, 4) is 0 Å². The van der Waals surface area contributed by atoms with Gasteiger partial charge < -0.3 is 16.0 Å². The molecule has 9 nitrogen and oxygen atoms in total. The Morgan fingerprint density at radius 2 is 1.90 bits per heavy atom. The van der Waals surface area contributed by atoms with Crippen LogP contribution in [0.3, 0.4) is 0 Å². The molecule has 2 amide bonds. The molecule has 0 atom stereocenters. The van der Waals surface area contributed by atoms with Gasteiger partial charge in [-0.2, -0.15) is 0 Å². The third-order valence-corrected chi connectivity index (χ3v) is 3.48. The normalized spacial score (nSPS) is 14.6. The quantitative estimate of drug-likeness (QED) is 0.683. The van der Waals surface area contributed by atoms with Crippen LogP contribution in [0.25, 0.3) is 0 Å². The molecule has 21 heavy (non-hydrogen) atoms. The second-order valence-corrected chi connectivity index (χ2v) is 4.93. The van der Waals surface area contributed by atoms with Crippen molar-refractivity contribution >= 4 is 23.3 Å². The number of aromatic nitrogens is 2. The van der Waals surface area contributed by atoms with E-state index in [-0.39, 0.29) is 24.0 Å². The van der Waals surface area contributed by atoms with Gasteiger partial charge in [0.25, 0.3) is 5.56 Å². The maximum atomic E-state index is 12.0. The Morgan fingerprint density at radius 3 is 2.48 bits per heavy atom. The van der Waals surface area contributed by atoms with E-state index in [4.69, 9.17) is 5.73 Å². The molecule has 3 N–H and O–H groups in total. The van der Waals surface area contributed by atoms with Crippen molar-refractivity contribution in [3.05, 3.63) is 20.8 Å². The molecular formula is C12H17N5O4. The van der Waals surface area contributed by atoms with Crippen LogP contribution in [0.15, 0.2) is 9.59 Å². The zero-order valence-corrected chi connectivity index (χ0v) is 11.9. The molecule has 114 valence electrons. The van der Waals surface area contributed by atoms with Crippen molar-refractivity contribution in [2.75, 3.05) is 24.1 Å². The lowest BCUT2D eigenvalue weighted by atomic mass is 10.4. The molecule has 0 aliphatic carbocycles. The van der Waals surface area contributed by atoms with E-state index >= 15 is 0 Å². The van der Waals surface area contributed by atoms with Crippen molar-refractivity contribution in [1.82, 2.24) is 14.0 Å². The summed E-state index contributed by atoms with van der Waals surface area (Å²) in [6.45, 7) is 0.386. The topological polar surface area (TPSA) is 119 Å². The first-order valence-electron chi connectivity index (χ1n) is 6.46. The van der Waals surface area contributed by atoms with Gasteiger partial charge in [0, 0.05) is 27.1 Å². The standard InChI is InChI=1S/C12H17N5O4/c1-15-10(13)9(11(20)16(2)12(15)21)14-7(18)6-17-5-3-4-8(17)19/h3-6,13H2,1-2H3,(H,14,18). The maximum Gasteiger partial charge on any atom is 0.332 e. The number of nitrogens with two attached hydrogens (primary N) is 1. The second-order valence-electron chi connectivity index (χ2n) is 4.93. The highest BCUT2D eigenvalue weighted by Crippen LogP contribution is 2.11. The van der Waals surface area contributed by atoms with Crippen LogP contribution in [0, 0.1) is 0 Å². The molecule has 1 aliphatic heterocycles. The molecule has 1 aromatic heterocycles. The van der Waals surface area contributed by atoms with Crippen LogP contribution >= 0.6 is 0 Å². The van der Waals surface area contributed by atoms with Gasteiger partial charge in [0.05, 0.1) is 6.54 Å². The highest BCUT2D eigenvalue weighted by atomic mass is 16.2. The van der Waals surface area contributed by atoms with Crippen molar-refractivity contribution in [3.63, 3.8) is 0 Å². The summed E-state index contributed by atoms with van der Waals surface area (Å²) in [6.07, 6.45) is 1.15. The fraction of sp³-hybridized carbons (Fsp3) is 0.500. The minimum absolute atomic E-state index is 0.0912. The minimum Gasteiger partial charge on any atom is -0.383 e. The summed E-state index contributed by atoms with van der Waals surface area (Å²) in [5.41, 5.74) is 4.27. The Hall–Kier alpha value is -2.58. The average molecular weight is 295 g/mol. The summed E-state index contributed by atoms with van der Waals surface area (Å²) in [7, 11) is 2.69. The van der Waals surface area contributed by atoms with Gasteiger partial charge in [-0.15, -0.1) is 0 Å². The molecule has 2 heterocycles. The summed E-state index contributed by atoms with van der Waals surface area (Å²) in [5.74, 6) is -0.733. The Kier molecular flexibility index (Phi) is 3.83. The van der Waals surface area contributed by atoms with Gasteiger partial charge in [-0.1, -0.05) is 0 Å². The van der Waals surface area contributed by atoms with E-state index in [1.807, 2.05) is 0 Å². The molecule has 0 bridgehead atoms. The largest absolute Gasteiger partial charge is 0.383 e. The summed E-state index contributed by atoms with van der Waals surface area (Å²) in [6, 6.07) is 0. The lowest BCUT2D eigenvalue weighted by molar-refractivity contribution is -0.131. The van der Waals surface area contributed by atoms with Crippen molar-refractivity contribution < 1.29 is 9.59 Å². The highest BCUT2D eigenvalue weighted by molar-refractivity contribution is 5.96. The third-order valence-electron chi connectivity index (χ3n) is 3.48. The minimum atomic E-state index is -0.684. The number of nitrogens with zero attached hydrogens (tertiary/aromatic N) is 3. The van der Waals surface area contributed by atoms with E-state index in [1.54, 1.807) is 0 Å². The van der Waals surface area contributed by atoms with Gasteiger partial charge in [0.2, 0.25) is 11.8 Å². The van der Waals surface area contributed by atoms with Crippen LogP contribution < -0.4 is 22.3 Å². The molecule has 2 rings (SSSR count). The first kappa shape index (κ1) is 14.8. The number of hydrogen-bond acceptors (Lipinski definition) is 5.